The Kier molecular flexibility index (Phi) is 3.28. The standard InChI is InChI=1S/C14H13NO3/c1-9-4-2-3-5-10(9)14(18)11-6-7-15-12(11)8-13(16)17/h2-7,15H,8H2,1H3,(H,16,17). The number of carbonyl (C=O) groups is 2. The van der Waals surface area contributed by atoms with Gasteiger partial charge < -0.3 is 10.1 Å². The zero-order valence-corrected chi connectivity index (χ0v) is 9.93. The molecule has 0 aliphatic carbocycles. The molecule has 1 aromatic carbocycles. The number of nitrogens with one attached hydrogen (secondary N) is 1. The van der Waals surface area contributed by atoms with Crippen LogP contribution in [0.25, 0.3) is 0 Å². The molecule has 1 aromatic heterocycles. The van der Waals surface area contributed by atoms with Gasteiger partial charge >= 0.3 is 5.97 Å². The highest BCUT2D eigenvalue weighted by Crippen LogP contribution is 2.17. The number of ketones is 1. The second kappa shape index (κ2) is 4.87. The van der Waals surface area contributed by atoms with Crippen molar-refractivity contribution in [2.24, 2.45) is 0 Å². The van der Waals surface area contributed by atoms with Crippen molar-refractivity contribution in [3.8, 4) is 0 Å². The highest BCUT2D eigenvalue weighted by molar-refractivity contribution is 6.10. The number of rotatable bonds is 4. The number of H-pyrrole nitrogens is 1. The van der Waals surface area contributed by atoms with E-state index in [4.69, 9.17) is 5.11 Å². The minimum Gasteiger partial charge on any atom is -0.481 e. The van der Waals surface area contributed by atoms with Crippen molar-refractivity contribution < 1.29 is 14.7 Å². The Morgan fingerprint density at radius 2 is 1.89 bits per heavy atom. The van der Waals surface area contributed by atoms with Crippen LogP contribution in [0.15, 0.2) is 36.5 Å². The Hall–Kier alpha value is -2.36. The van der Waals surface area contributed by atoms with Gasteiger partial charge in [0.25, 0.3) is 0 Å². The molecule has 0 radical (unpaired) electrons. The first-order chi connectivity index (χ1) is 8.59. The third kappa shape index (κ3) is 2.32. The third-order valence-corrected chi connectivity index (χ3v) is 2.80. The van der Waals surface area contributed by atoms with E-state index in [-0.39, 0.29) is 12.2 Å². The van der Waals surface area contributed by atoms with E-state index in [1.54, 1.807) is 24.4 Å². The molecule has 4 nitrogen and oxygen atoms in total. The average molecular weight is 243 g/mol. The van der Waals surface area contributed by atoms with Crippen LogP contribution in [0.1, 0.15) is 27.2 Å². The Labute approximate surface area is 104 Å². The van der Waals surface area contributed by atoms with Gasteiger partial charge in [0.2, 0.25) is 0 Å². The van der Waals surface area contributed by atoms with Crippen LogP contribution in [0.2, 0.25) is 0 Å². The maximum absolute atomic E-state index is 12.3. The zero-order valence-electron chi connectivity index (χ0n) is 9.93. The topological polar surface area (TPSA) is 70.2 Å². The summed E-state index contributed by atoms with van der Waals surface area (Å²) in [5.41, 5.74) is 2.34. The predicted molar refractivity (Wildman–Crippen MR) is 66.7 cm³/mol. The number of aromatic nitrogens is 1. The maximum atomic E-state index is 12.3. The maximum Gasteiger partial charge on any atom is 0.309 e. The van der Waals surface area contributed by atoms with E-state index in [2.05, 4.69) is 4.98 Å². The first-order valence-corrected chi connectivity index (χ1v) is 5.58. The number of aromatic amines is 1. The Morgan fingerprint density at radius 3 is 2.56 bits per heavy atom. The molecule has 0 saturated heterocycles. The van der Waals surface area contributed by atoms with Gasteiger partial charge in [0.15, 0.2) is 5.78 Å². The fourth-order valence-corrected chi connectivity index (χ4v) is 1.89. The number of aliphatic carboxylic acids is 1. The van der Waals surface area contributed by atoms with Crippen LogP contribution >= 0.6 is 0 Å². The van der Waals surface area contributed by atoms with Crippen LogP contribution < -0.4 is 0 Å². The van der Waals surface area contributed by atoms with E-state index in [9.17, 15) is 9.59 Å². The molecule has 0 saturated carbocycles. The number of benzene rings is 1. The normalized spacial score (nSPS) is 10.3. The van der Waals surface area contributed by atoms with E-state index in [0.717, 1.165) is 5.56 Å². The van der Waals surface area contributed by atoms with E-state index in [1.165, 1.54) is 0 Å². The van der Waals surface area contributed by atoms with Gasteiger partial charge in [-0.2, -0.15) is 0 Å². The van der Waals surface area contributed by atoms with Gasteiger partial charge in [-0.05, 0) is 18.6 Å². The van der Waals surface area contributed by atoms with Crippen molar-refractivity contribution in [3.05, 3.63) is 58.9 Å². The number of carboxylic acids is 1. The first-order valence-electron chi connectivity index (χ1n) is 5.58. The molecule has 0 bridgehead atoms. The first kappa shape index (κ1) is 12.1. The number of hydrogen-bond donors (Lipinski definition) is 2. The third-order valence-electron chi connectivity index (χ3n) is 2.80. The van der Waals surface area contributed by atoms with Crippen LogP contribution in [-0.4, -0.2) is 21.8 Å². The number of hydrogen-bond acceptors (Lipinski definition) is 2. The van der Waals surface area contributed by atoms with Crippen LogP contribution in [0.3, 0.4) is 0 Å². The molecular weight excluding hydrogens is 230 g/mol. The predicted octanol–water partition coefficient (Wildman–Crippen LogP) is 2.18. The fraction of sp³-hybridized carbons (Fsp3) is 0.143. The smallest absolute Gasteiger partial charge is 0.309 e. The quantitative estimate of drug-likeness (QED) is 0.808. The monoisotopic (exact) mass is 243 g/mol. The van der Waals surface area contributed by atoms with Crippen LogP contribution in [0.4, 0.5) is 0 Å². The highest BCUT2D eigenvalue weighted by Gasteiger charge is 2.17. The zero-order chi connectivity index (χ0) is 13.1. The summed E-state index contributed by atoms with van der Waals surface area (Å²) in [6.07, 6.45) is 1.41. The van der Waals surface area contributed by atoms with Crippen molar-refractivity contribution in [1.82, 2.24) is 4.98 Å². The molecule has 0 unspecified atom stereocenters. The second-order valence-corrected chi connectivity index (χ2v) is 4.08. The summed E-state index contributed by atoms with van der Waals surface area (Å²) in [6, 6.07) is 8.88. The largest absolute Gasteiger partial charge is 0.481 e. The molecule has 0 atom stereocenters. The molecule has 0 aliphatic heterocycles. The molecule has 0 fully saturated rings. The minimum absolute atomic E-state index is 0.148. The van der Waals surface area contributed by atoms with Crippen molar-refractivity contribution >= 4 is 11.8 Å². The lowest BCUT2D eigenvalue weighted by molar-refractivity contribution is -0.136. The van der Waals surface area contributed by atoms with Crippen molar-refractivity contribution in [1.29, 1.82) is 0 Å². The molecule has 0 spiro atoms. The second-order valence-electron chi connectivity index (χ2n) is 4.08. The lowest BCUT2D eigenvalue weighted by Crippen LogP contribution is -2.09. The molecule has 18 heavy (non-hydrogen) atoms. The summed E-state index contributed by atoms with van der Waals surface area (Å²) in [5.74, 6) is -1.11. The number of aryl methyl sites for hydroxylation is 1. The van der Waals surface area contributed by atoms with Crippen LogP contribution in [0, 0.1) is 6.92 Å². The van der Waals surface area contributed by atoms with E-state index in [0.29, 0.717) is 16.8 Å². The van der Waals surface area contributed by atoms with Crippen LogP contribution in [-0.2, 0) is 11.2 Å². The summed E-state index contributed by atoms with van der Waals surface area (Å²) in [7, 11) is 0. The lowest BCUT2D eigenvalue weighted by atomic mass is 9.98. The molecule has 2 N–H and O–H groups in total. The minimum atomic E-state index is -0.962. The van der Waals surface area contributed by atoms with Gasteiger partial charge in [-0.15, -0.1) is 0 Å². The summed E-state index contributed by atoms with van der Waals surface area (Å²) >= 11 is 0. The van der Waals surface area contributed by atoms with Gasteiger partial charge in [0, 0.05) is 23.0 Å². The Morgan fingerprint density at radius 1 is 1.17 bits per heavy atom. The van der Waals surface area contributed by atoms with Crippen molar-refractivity contribution in [2.45, 2.75) is 13.3 Å². The van der Waals surface area contributed by atoms with Gasteiger partial charge in [0.1, 0.15) is 0 Å². The molecule has 2 aromatic rings. The average Bonchev–Trinajstić information content (AvgIpc) is 2.76. The van der Waals surface area contributed by atoms with Crippen molar-refractivity contribution in [3.63, 3.8) is 0 Å². The van der Waals surface area contributed by atoms with E-state index < -0.39 is 5.97 Å². The van der Waals surface area contributed by atoms with Gasteiger partial charge in [-0.3, -0.25) is 9.59 Å². The Bertz CT molecular complexity index is 599. The fourth-order valence-electron chi connectivity index (χ4n) is 1.89. The number of carbonyl (C=O) groups excluding carboxylic acids is 1. The van der Waals surface area contributed by atoms with Gasteiger partial charge in [-0.1, -0.05) is 24.3 Å². The molecule has 0 amide bonds. The lowest BCUT2D eigenvalue weighted by Gasteiger charge is -2.05. The van der Waals surface area contributed by atoms with E-state index in [1.807, 2.05) is 19.1 Å². The molecule has 2 rings (SSSR count). The summed E-state index contributed by atoms with van der Waals surface area (Å²) in [4.78, 5) is 25.8. The highest BCUT2D eigenvalue weighted by atomic mass is 16.4. The van der Waals surface area contributed by atoms with Gasteiger partial charge in [0.05, 0.1) is 6.42 Å². The SMILES string of the molecule is Cc1ccccc1C(=O)c1cc[nH]c1CC(=O)O. The summed E-state index contributed by atoms with van der Waals surface area (Å²) in [5, 5.41) is 8.79. The Balaban J connectivity index is 2.38. The van der Waals surface area contributed by atoms with Gasteiger partial charge in [-0.25, -0.2) is 0 Å². The van der Waals surface area contributed by atoms with Crippen molar-refractivity contribution in [2.75, 3.05) is 0 Å². The summed E-state index contributed by atoms with van der Waals surface area (Å²) in [6.45, 7) is 1.86. The summed E-state index contributed by atoms with van der Waals surface area (Å²) < 4.78 is 0. The molecule has 4 heteroatoms. The van der Waals surface area contributed by atoms with E-state index >= 15 is 0 Å². The molecular formula is C14H13NO3. The molecule has 1 heterocycles. The molecule has 92 valence electrons. The van der Waals surface area contributed by atoms with Crippen LogP contribution in [0.5, 0.6) is 0 Å². The number of carboxylic acid groups (broad SMARTS) is 1. The molecule has 0 aliphatic rings.